The van der Waals surface area contributed by atoms with Crippen LogP contribution >= 0.6 is 11.6 Å². The number of benzene rings is 1. The van der Waals surface area contributed by atoms with Gasteiger partial charge in [0.15, 0.2) is 0 Å². The Bertz CT molecular complexity index is 426. The molecule has 0 saturated heterocycles. The maximum atomic E-state index is 11.6. The third-order valence-corrected chi connectivity index (χ3v) is 2.92. The number of ether oxygens (including phenoxy) is 1. The van der Waals surface area contributed by atoms with Gasteiger partial charge in [0.05, 0.1) is 30.5 Å². The Morgan fingerprint density at radius 3 is 2.84 bits per heavy atom. The fourth-order valence-corrected chi connectivity index (χ4v) is 1.95. The van der Waals surface area contributed by atoms with E-state index in [9.17, 15) is 4.79 Å². The van der Waals surface area contributed by atoms with Crippen LogP contribution in [-0.2, 0) is 16.1 Å². The molecule has 0 atom stereocenters. The molecule has 5 nitrogen and oxygen atoms in total. The van der Waals surface area contributed by atoms with Crippen LogP contribution in [0.4, 0.5) is 5.69 Å². The van der Waals surface area contributed by atoms with Crippen molar-refractivity contribution in [3.05, 3.63) is 28.8 Å². The van der Waals surface area contributed by atoms with Gasteiger partial charge < -0.3 is 20.1 Å². The molecule has 106 valence electrons. The second kappa shape index (κ2) is 7.99. The number of anilines is 1. The Balaban J connectivity index is 2.57. The number of nitrogens with one attached hydrogen (secondary N) is 1. The van der Waals surface area contributed by atoms with Gasteiger partial charge in [0.2, 0.25) is 5.91 Å². The van der Waals surface area contributed by atoms with Crippen molar-refractivity contribution < 1.29 is 14.6 Å². The van der Waals surface area contributed by atoms with Crippen molar-refractivity contribution in [3.8, 4) is 0 Å². The van der Waals surface area contributed by atoms with E-state index in [1.807, 2.05) is 0 Å². The molecule has 0 spiro atoms. The van der Waals surface area contributed by atoms with Gasteiger partial charge in [0.1, 0.15) is 0 Å². The van der Waals surface area contributed by atoms with Crippen molar-refractivity contribution in [1.82, 2.24) is 5.32 Å². The lowest BCUT2D eigenvalue weighted by Crippen LogP contribution is -2.36. The summed E-state index contributed by atoms with van der Waals surface area (Å²) in [7, 11) is 3.37. The lowest BCUT2D eigenvalue weighted by atomic mass is 10.2. The van der Waals surface area contributed by atoms with Crippen molar-refractivity contribution >= 4 is 23.2 Å². The summed E-state index contributed by atoms with van der Waals surface area (Å²) in [6.45, 7) is 1.13. The quantitative estimate of drug-likeness (QED) is 0.735. The Kier molecular flexibility index (Phi) is 6.62. The summed E-state index contributed by atoms with van der Waals surface area (Å²) in [5, 5.41) is 12.3. The summed E-state index contributed by atoms with van der Waals surface area (Å²) in [6.07, 6.45) is 0. The first-order valence-electron chi connectivity index (χ1n) is 5.94. The third kappa shape index (κ3) is 5.06. The number of aliphatic hydroxyl groups is 1. The van der Waals surface area contributed by atoms with Crippen LogP contribution in [0.15, 0.2) is 18.2 Å². The molecule has 0 saturated carbocycles. The lowest BCUT2D eigenvalue weighted by Gasteiger charge is -2.20. The highest BCUT2D eigenvalue weighted by atomic mass is 35.5. The molecule has 1 rings (SSSR count). The van der Waals surface area contributed by atoms with Crippen LogP contribution in [0.1, 0.15) is 5.56 Å². The maximum Gasteiger partial charge on any atom is 0.239 e. The van der Waals surface area contributed by atoms with E-state index in [1.165, 1.54) is 0 Å². The van der Waals surface area contributed by atoms with E-state index >= 15 is 0 Å². The van der Waals surface area contributed by atoms with E-state index in [-0.39, 0.29) is 19.1 Å². The van der Waals surface area contributed by atoms with Gasteiger partial charge in [-0.1, -0.05) is 17.7 Å². The largest absolute Gasteiger partial charge is 0.392 e. The molecule has 0 bridgehead atoms. The Morgan fingerprint density at radius 2 is 2.26 bits per heavy atom. The number of methoxy groups -OCH3 is 1. The number of likely N-dealkylation sites (N-methyl/N-ethyl adjacent to an activating group) is 1. The molecule has 0 aliphatic heterocycles. The molecule has 1 amide bonds. The third-order valence-electron chi connectivity index (χ3n) is 2.62. The Labute approximate surface area is 118 Å². The fourth-order valence-electron chi connectivity index (χ4n) is 1.61. The highest BCUT2D eigenvalue weighted by molar-refractivity contribution is 6.33. The molecule has 0 fully saturated rings. The summed E-state index contributed by atoms with van der Waals surface area (Å²) in [5.74, 6) is -0.0955. The molecule has 1 aromatic rings. The van der Waals surface area contributed by atoms with E-state index in [4.69, 9.17) is 21.4 Å². The summed E-state index contributed by atoms with van der Waals surface area (Å²) >= 11 is 6.11. The van der Waals surface area contributed by atoms with E-state index in [0.29, 0.717) is 18.2 Å². The minimum Gasteiger partial charge on any atom is -0.392 e. The van der Waals surface area contributed by atoms with Crippen LogP contribution in [-0.4, -0.2) is 44.9 Å². The lowest BCUT2D eigenvalue weighted by molar-refractivity contribution is -0.119. The van der Waals surface area contributed by atoms with Crippen molar-refractivity contribution in [2.45, 2.75) is 6.61 Å². The molecule has 0 radical (unpaired) electrons. The Morgan fingerprint density at radius 1 is 1.53 bits per heavy atom. The zero-order valence-electron chi connectivity index (χ0n) is 11.1. The van der Waals surface area contributed by atoms with Crippen LogP contribution in [0.25, 0.3) is 0 Å². The number of halogens is 1. The zero-order chi connectivity index (χ0) is 14.3. The molecule has 1 aromatic carbocycles. The number of carbonyl (C=O) groups excluding carboxylic acids is 1. The number of nitrogens with zero attached hydrogens (tertiary/aromatic N) is 1. The molecular weight excluding hydrogens is 268 g/mol. The van der Waals surface area contributed by atoms with E-state index < -0.39 is 0 Å². The molecule has 19 heavy (non-hydrogen) atoms. The van der Waals surface area contributed by atoms with Crippen molar-refractivity contribution in [2.75, 3.05) is 38.8 Å². The molecule has 0 aromatic heterocycles. The van der Waals surface area contributed by atoms with E-state index in [1.54, 1.807) is 37.3 Å². The fraction of sp³-hybridized carbons (Fsp3) is 0.462. The zero-order valence-corrected chi connectivity index (χ0v) is 11.9. The summed E-state index contributed by atoms with van der Waals surface area (Å²) in [4.78, 5) is 13.4. The van der Waals surface area contributed by atoms with Gasteiger partial charge in [0, 0.05) is 20.7 Å². The van der Waals surface area contributed by atoms with Gasteiger partial charge >= 0.3 is 0 Å². The summed E-state index contributed by atoms with van der Waals surface area (Å²) in [6, 6.07) is 5.26. The topological polar surface area (TPSA) is 61.8 Å². The summed E-state index contributed by atoms with van der Waals surface area (Å²) in [5.41, 5.74) is 1.49. The highest BCUT2D eigenvalue weighted by Crippen LogP contribution is 2.25. The first-order chi connectivity index (χ1) is 9.08. The SMILES string of the molecule is COCCNC(=O)CN(C)c1ccc(CO)cc1Cl. The smallest absolute Gasteiger partial charge is 0.239 e. The second-order valence-electron chi connectivity index (χ2n) is 4.14. The van der Waals surface area contributed by atoms with Gasteiger partial charge in [-0.15, -0.1) is 0 Å². The summed E-state index contributed by atoms with van der Waals surface area (Å²) < 4.78 is 4.85. The first kappa shape index (κ1) is 15.8. The second-order valence-corrected chi connectivity index (χ2v) is 4.55. The van der Waals surface area contributed by atoms with Crippen molar-refractivity contribution in [1.29, 1.82) is 0 Å². The predicted octanol–water partition coefficient (Wildman–Crippen LogP) is 1.03. The minimum atomic E-state index is -0.0955. The van der Waals surface area contributed by atoms with Gasteiger partial charge in [-0.3, -0.25) is 4.79 Å². The molecule has 0 aliphatic carbocycles. The van der Waals surface area contributed by atoms with Crippen LogP contribution < -0.4 is 10.2 Å². The van der Waals surface area contributed by atoms with Gasteiger partial charge in [-0.2, -0.15) is 0 Å². The molecule has 0 heterocycles. The van der Waals surface area contributed by atoms with Crippen LogP contribution in [0.5, 0.6) is 0 Å². The maximum absolute atomic E-state index is 11.6. The average Bonchev–Trinajstić information content (AvgIpc) is 2.38. The number of amides is 1. The first-order valence-corrected chi connectivity index (χ1v) is 6.32. The predicted molar refractivity (Wildman–Crippen MR) is 75.5 cm³/mol. The van der Waals surface area contributed by atoms with Crippen LogP contribution in [0.3, 0.4) is 0 Å². The molecule has 0 unspecified atom stereocenters. The van der Waals surface area contributed by atoms with Gasteiger partial charge in [-0.05, 0) is 17.7 Å². The van der Waals surface area contributed by atoms with E-state index in [0.717, 1.165) is 11.3 Å². The number of hydrogen-bond donors (Lipinski definition) is 2. The number of aliphatic hydroxyl groups excluding tert-OH is 1. The van der Waals surface area contributed by atoms with Gasteiger partial charge in [0.25, 0.3) is 0 Å². The molecule has 6 heteroatoms. The molecule has 0 aliphatic rings. The van der Waals surface area contributed by atoms with Crippen LogP contribution in [0.2, 0.25) is 5.02 Å². The van der Waals surface area contributed by atoms with Gasteiger partial charge in [-0.25, -0.2) is 0 Å². The number of rotatable bonds is 7. The molecular formula is C13H19ClN2O3. The van der Waals surface area contributed by atoms with Crippen molar-refractivity contribution in [3.63, 3.8) is 0 Å². The standard InChI is InChI=1S/C13H19ClN2O3/c1-16(8-13(18)15-5-6-19-2)12-4-3-10(9-17)7-11(12)14/h3-4,7,17H,5-6,8-9H2,1-2H3,(H,15,18). The number of hydrogen-bond acceptors (Lipinski definition) is 4. The van der Waals surface area contributed by atoms with Crippen LogP contribution in [0, 0.1) is 0 Å². The van der Waals surface area contributed by atoms with Crippen molar-refractivity contribution in [2.24, 2.45) is 0 Å². The average molecular weight is 287 g/mol. The van der Waals surface area contributed by atoms with E-state index in [2.05, 4.69) is 5.32 Å². The monoisotopic (exact) mass is 286 g/mol. The highest BCUT2D eigenvalue weighted by Gasteiger charge is 2.10. The Hall–Kier alpha value is -1.30. The minimum absolute atomic E-state index is 0.0543. The molecule has 2 N–H and O–H groups in total. The normalized spacial score (nSPS) is 10.3. The number of carbonyl (C=O) groups is 1.